The van der Waals surface area contributed by atoms with E-state index in [1.54, 1.807) is 37.3 Å². The van der Waals surface area contributed by atoms with Gasteiger partial charge in [-0.05, 0) is 69.6 Å². The van der Waals surface area contributed by atoms with Gasteiger partial charge in [-0.25, -0.2) is 29.1 Å². The molecule has 0 spiro atoms. The van der Waals surface area contributed by atoms with Crippen LogP contribution in [-0.2, 0) is 23.7 Å². The van der Waals surface area contributed by atoms with Crippen LogP contribution in [0.25, 0.3) is 6.08 Å². The van der Waals surface area contributed by atoms with Gasteiger partial charge in [-0.2, -0.15) is 0 Å². The van der Waals surface area contributed by atoms with Crippen molar-refractivity contribution in [2.75, 3.05) is 39.4 Å². The average molecular weight is 894 g/mol. The number of primary amides is 2. The van der Waals surface area contributed by atoms with Crippen molar-refractivity contribution in [3.63, 3.8) is 0 Å². The van der Waals surface area contributed by atoms with Gasteiger partial charge in [0.15, 0.2) is 18.5 Å². The first-order chi connectivity index (χ1) is 30.1. The van der Waals surface area contributed by atoms with E-state index in [4.69, 9.17) is 52.4 Å². The Labute approximate surface area is 361 Å². The molecule has 4 fully saturated rings. The monoisotopic (exact) mass is 893 g/mol. The number of urea groups is 4. The number of fused-ring (bicyclic) bond motifs is 1. The third-order valence-electron chi connectivity index (χ3n) is 10.6. The van der Waals surface area contributed by atoms with Gasteiger partial charge in [-0.1, -0.05) is 12.1 Å². The van der Waals surface area contributed by atoms with Crippen molar-refractivity contribution in [3.05, 3.63) is 35.9 Å². The highest BCUT2D eigenvalue weighted by Crippen LogP contribution is 2.30. The average Bonchev–Trinajstić information content (AvgIpc) is 3.60. The number of guanidine groups is 1. The quantitative estimate of drug-likeness (QED) is 0.0284. The predicted octanol–water partition coefficient (Wildman–Crippen LogP) is -4.97. The maximum absolute atomic E-state index is 13.4. The van der Waals surface area contributed by atoms with Crippen LogP contribution in [0, 0.1) is 0 Å². The standard InChI is InChI=1S/C37H59N13O13/c1-17-23(29(54)26(45-33(39)40)31(61-17)62-19-8-5-18(6-9-19)7-10-22(52)44-14-4-13-43-12-3-2-11-38)47-36(57)49-30-25(46-34(41)55)28(53)21(16-59-30)63-32-27-24(20(51)15-60-32)48-37(58)50(27)35(42)56/h5-10,17,20-21,23-32,43,51,53-54H,2-4,11-16,38H2,1H3,(H2,42,56)(H,44,52)(H,48,58)(H4,39,40,45)(H3,41,46,55)(H2,47,49,57)/t17-,20-,21-,23-,24+,25-,26-,27-,28+,29+,30+,31-,32+/m1/s1. The van der Waals surface area contributed by atoms with Crippen molar-refractivity contribution in [1.82, 2.24) is 36.8 Å². The minimum atomic E-state index is -1.64. The molecule has 4 heterocycles. The number of aliphatic hydroxyl groups is 3. The van der Waals surface area contributed by atoms with Crippen molar-refractivity contribution in [2.24, 2.45) is 33.7 Å². The van der Waals surface area contributed by atoms with Crippen LogP contribution in [0.1, 0.15) is 31.7 Å². The van der Waals surface area contributed by atoms with Crippen LogP contribution < -0.4 is 65.3 Å². The number of aliphatic imine (C=N–C) groups is 1. The number of carbonyl (C=O) groups excluding carboxylic acids is 5. The predicted molar refractivity (Wildman–Crippen MR) is 221 cm³/mol. The van der Waals surface area contributed by atoms with Crippen LogP contribution in [0.4, 0.5) is 19.2 Å². The summed E-state index contributed by atoms with van der Waals surface area (Å²) in [5.74, 6) is -0.335. The molecule has 0 bridgehead atoms. The molecule has 0 unspecified atom stereocenters. The zero-order valence-electron chi connectivity index (χ0n) is 34.5. The van der Waals surface area contributed by atoms with E-state index in [-0.39, 0.29) is 12.5 Å². The lowest BCUT2D eigenvalue weighted by Crippen LogP contribution is -2.69. The van der Waals surface area contributed by atoms with Gasteiger partial charge in [0.1, 0.15) is 42.2 Å². The third kappa shape index (κ3) is 13.0. The fourth-order valence-corrected chi connectivity index (χ4v) is 7.46. The number of imide groups is 1. The van der Waals surface area contributed by atoms with Crippen LogP contribution in [0.3, 0.4) is 0 Å². The van der Waals surface area contributed by atoms with E-state index >= 15 is 0 Å². The SMILES string of the molecule is C[C@H]1O[C@H](Oc2ccc(C=CC(=O)NCCCNCCCCN)cc2)[C@H](N=C(N)N)[C@@H](O)[C@@H]1NC(=O)N[C@H]1OC[C@@H](O[C@@H]2OC[C@@H](O)[C@@H]3NC(=O)N(C(N)=O)[C@@H]23)[C@H](O)[C@H]1NC(N)=O. The Balaban J connectivity index is 1.15. The topological polar surface area (TPSA) is 410 Å². The van der Waals surface area contributed by atoms with E-state index in [1.165, 1.54) is 6.08 Å². The molecule has 0 aliphatic carbocycles. The Morgan fingerprint density at radius 2 is 1.65 bits per heavy atom. The molecular formula is C37H59N13O13. The van der Waals surface area contributed by atoms with Gasteiger partial charge in [0.2, 0.25) is 12.2 Å². The lowest BCUT2D eigenvalue weighted by atomic mass is 9.95. The van der Waals surface area contributed by atoms with Gasteiger partial charge in [0.05, 0.1) is 37.5 Å². The highest BCUT2D eigenvalue weighted by Gasteiger charge is 2.55. The van der Waals surface area contributed by atoms with Gasteiger partial charge >= 0.3 is 24.1 Å². The van der Waals surface area contributed by atoms with Crippen LogP contribution >= 0.6 is 0 Å². The maximum Gasteiger partial charge on any atom is 0.326 e. The second kappa shape index (κ2) is 22.7. The molecule has 63 heavy (non-hydrogen) atoms. The lowest BCUT2D eigenvalue weighted by Gasteiger charge is -2.44. The van der Waals surface area contributed by atoms with Gasteiger partial charge in [-0.3, -0.25) is 4.79 Å². The summed E-state index contributed by atoms with van der Waals surface area (Å²) in [6.07, 6.45) is -4.85. The number of nitrogens with one attached hydrogen (secondary N) is 6. The molecule has 4 aliphatic heterocycles. The number of ether oxygens (including phenoxy) is 5. The van der Waals surface area contributed by atoms with Gasteiger partial charge in [-0.15, -0.1) is 0 Å². The number of unbranched alkanes of at least 4 members (excludes halogenated alkanes) is 1. The molecule has 13 atom stereocenters. The van der Waals surface area contributed by atoms with Gasteiger partial charge in [0.25, 0.3) is 0 Å². The van der Waals surface area contributed by atoms with Crippen molar-refractivity contribution in [1.29, 1.82) is 0 Å². The Hall–Kier alpha value is -5.58. The zero-order chi connectivity index (χ0) is 45.8. The highest BCUT2D eigenvalue weighted by atomic mass is 16.7. The summed E-state index contributed by atoms with van der Waals surface area (Å²) in [4.78, 5) is 67.0. The first kappa shape index (κ1) is 48.5. The second-order valence-corrected chi connectivity index (χ2v) is 15.2. The normalized spacial score (nSPS) is 31.6. The Morgan fingerprint density at radius 1 is 0.921 bits per heavy atom. The molecule has 4 aliphatic rings. The number of amides is 9. The van der Waals surface area contributed by atoms with Crippen LogP contribution in [0.5, 0.6) is 5.75 Å². The van der Waals surface area contributed by atoms with E-state index in [1.807, 2.05) is 0 Å². The molecule has 1 aromatic rings. The zero-order valence-corrected chi connectivity index (χ0v) is 34.5. The van der Waals surface area contributed by atoms with Crippen molar-refractivity contribution >= 4 is 42.1 Å². The number of aliphatic hydroxyl groups excluding tert-OH is 3. The number of hydrogen-bond acceptors (Lipinski definition) is 16. The van der Waals surface area contributed by atoms with Crippen molar-refractivity contribution in [2.45, 2.75) is 106 Å². The minimum Gasteiger partial charge on any atom is -0.462 e. The number of carbonyl (C=O) groups is 5. The lowest BCUT2D eigenvalue weighted by molar-refractivity contribution is -0.268. The molecule has 0 radical (unpaired) electrons. The largest absolute Gasteiger partial charge is 0.462 e. The number of hydrogen-bond donors (Lipinski definition) is 14. The number of benzene rings is 1. The van der Waals surface area contributed by atoms with E-state index in [0.717, 1.165) is 32.4 Å². The van der Waals surface area contributed by atoms with Gasteiger partial charge in [0, 0.05) is 12.6 Å². The molecular weight excluding hydrogens is 834 g/mol. The Bertz CT molecular complexity index is 1790. The van der Waals surface area contributed by atoms with Crippen LogP contribution in [0.15, 0.2) is 35.3 Å². The molecule has 4 saturated heterocycles. The minimum absolute atomic E-state index is 0.243. The molecule has 0 aromatic heterocycles. The summed E-state index contributed by atoms with van der Waals surface area (Å²) in [7, 11) is 0. The molecule has 1 aromatic carbocycles. The van der Waals surface area contributed by atoms with E-state index in [0.29, 0.717) is 29.3 Å². The molecule has 19 N–H and O–H groups in total. The van der Waals surface area contributed by atoms with Crippen molar-refractivity contribution < 1.29 is 63.0 Å². The number of nitrogens with two attached hydrogens (primary N) is 5. The Kier molecular flexibility index (Phi) is 17.4. The molecule has 5 rings (SSSR count). The van der Waals surface area contributed by atoms with Gasteiger partial charge < -0.3 is 99.6 Å². The second-order valence-electron chi connectivity index (χ2n) is 15.2. The first-order valence-electron chi connectivity index (χ1n) is 20.4. The summed E-state index contributed by atoms with van der Waals surface area (Å²) in [5.41, 5.74) is 28.3. The summed E-state index contributed by atoms with van der Waals surface area (Å²) in [6.45, 7) is 3.66. The molecule has 26 heteroatoms. The smallest absolute Gasteiger partial charge is 0.326 e. The van der Waals surface area contributed by atoms with Crippen LogP contribution in [-0.4, -0.2) is 175 Å². The fraction of sp³-hybridized carbons (Fsp3) is 0.622. The fourth-order valence-electron chi connectivity index (χ4n) is 7.46. The Morgan fingerprint density at radius 3 is 2.33 bits per heavy atom. The van der Waals surface area contributed by atoms with E-state index in [9.17, 15) is 39.3 Å². The highest BCUT2D eigenvalue weighted by molar-refractivity contribution is 5.95. The molecule has 350 valence electrons. The number of rotatable bonds is 18. The van der Waals surface area contributed by atoms with Crippen LogP contribution in [0.2, 0.25) is 0 Å². The molecule has 9 amide bonds. The summed E-state index contributed by atoms with van der Waals surface area (Å²) in [6, 6.07) is -3.56. The van der Waals surface area contributed by atoms with E-state index in [2.05, 4.69) is 36.9 Å². The van der Waals surface area contributed by atoms with E-state index < -0.39 is 116 Å². The number of nitrogens with zero attached hydrogens (tertiary/aromatic N) is 2. The molecule has 0 saturated carbocycles. The summed E-state index contributed by atoms with van der Waals surface area (Å²) < 4.78 is 29.3. The summed E-state index contributed by atoms with van der Waals surface area (Å²) >= 11 is 0. The molecule has 26 nitrogen and oxygen atoms in total. The van der Waals surface area contributed by atoms with Crippen molar-refractivity contribution in [3.8, 4) is 5.75 Å². The first-order valence-corrected chi connectivity index (χ1v) is 20.4. The summed E-state index contributed by atoms with van der Waals surface area (Å²) in [5, 5.41) is 49.1. The maximum atomic E-state index is 13.4. The third-order valence-corrected chi connectivity index (χ3v) is 10.6.